The molecule has 0 aliphatic carbocycles. The third-order valence-electron chi connectivity index (χ3n) is 3.50. The molecule has 0 saturated heterocycles. The summed E-state index contributed by atoms with van der Waals surface area (Å²) in [6.07, 6.45) is 0. The van der Waals surface area contributed by atoms with Crippen molar-refractivity contribution in [1.82, 2.24) is 0 Å². The molecule has 5 heteroatoms. The molecule has 116 valence electrons. The van der Waals surface area contributed by atoms with Crippen molar-refractivity contribution in [2.45, 2.75) is 6.61 Å². The van der Waals surface area contributed by atoms with Gasteiger partial charge >= 0.3 is 5.97 Å². The van der Waals surface area contributed by atoms with E-state index in [1.165, 1.54) is 6.07 Å². The van der Waals surface area contributed by atoms with Crippen LogP contribution in [0.2, 0.25) is 0 Å². The van der Waals surface area contributed by atoms with E-state index in [-0.39, 0.29) is 23.7 Å². The molecule has 3 aromatic carbocycles. The van der Waals surface area contributed by atoms with Gasteiger partial charge in [0, 0.05) is 15.2 Å². The summed E-state index contributed by atoms with van der Waals surface area (Å²) in [6, 6.07) is 15.3. The fourth-order valence-electron chi connectivity index (χ4n) is 2.30. The number of phenols is 2. The number of esters is 1. The zero-order chi connectivity index (χ0) is 16.4. The molecule has 0 radical (unpaired) electrons. The number of ether oxygens (including phenoxy) is 1. The summed E-state index contributed by atoms with van der Waals surface area (Å²) in [7, 11) is 0. The number of aromatic hydroxyl groups is 2. The van der Waals surface area contributed by atoms with E-state index >= 15 is 0 Å². The predicted molar refractivity (Wildman–Crippen MR) is 90.5 cm³/mol. The van der Waals surface area contributed by atoms with Crippen molar-refractivity contribution in [2.75, 3.05) is 0 Å². The molecular formula is C18H13BrO4. The number of halogens is 1. The van der Waals surface area contributed by atoms with Crippen LogP contribution >= 0.6 is 15.9 Å². The summed E-state index contributed by atoms with van der Waals surface area (Å²) in [6.45, 7) is 0.0825. The third kappa shape index (κ3) is 3.14. The first-order chi connectivity index (χ1) is 11.1. The minimum atomic E-state index is -0.688. The van der Waals surface area contributed by atoms with E-state index < -0.39 is 5.97 Å². The summed E-state index contributed by atoms with van der Waals surface area (Å²) in [5, 5.41) is 21.2. The second-order valence-corrected chi connectivity index (χ2v) is 5.96. The maximum atomic E-state index is 12.2. The largest absolute Gasteiger partial charge is 0.507 e. The SMILES string of the molecule is O=C(OCc1ccc(Br)cc1)c1cc(O)c2ccccc2c1O. The molecular weight excluding hydrogens is 360 g/mol. The highest BCUT2D eigenvalue weighted by atomic mass is 79.9. The molecule has 0 fully saturated rings. The topological polar surface area (TPSA) is 66.8 Å². The monoisotopic (exact) mass is 372 g/mol. The van der Waals surface area contributed by atoms with E-state index in [0.717, 1.165) is 10.0 Å². The lowest BCUT2D eigenvalue weighted by Crippen LogP contribution is -2.06. The average Bonchev–Trinajstić information content (AvgIpc) is 2.57. The molecule has 3 rings (SSSR count). The Labute approximate surface area is 141 Å². The average molecular weight is 373 g/mol. The van der Waals surface area contributed by atoms with Gasteiger partial charge in [0.25, 0.3) is 0 Å². The molecule has 0 bridgehead atoms. The van der Waals surface area contributed by atoms with Gasteiger partial charge in [-0.1, -0.05) is 52.3 Å². The van der Waals surface area contributed by atoms with Gasteiger partial charge < -0.3 is 14.9 Å². The fourth-order valence-corrected chi connectivity index (χ4v) is 2.57. The van der Waals surface area contributed by atoms with Crippen LogP contribution in [0.5, 0.6) is 11.5 Å². The Morgan fingerprint density at radius 1 is 1.00 bits per heavy atom. The molecule has 0 aromatic heterocycles. The van der Waals surface area contributed by atoms with Crippen molar-refractivity contribution in [2.24, 2.45) is 0 Å². The van der Waals surface area contributed by atoms with Crippen LogP contribution < -0.4 is 0 Å². The Balaban J connectivity index is 1.86. The van der Waals surface area contributed by atoms with Crippen molar-refractivity contribution in [3.63, 3.8) is 0 Å². The Hall–Kier alpha value is -2.53. The highest BCUT2D eigenvalue weighted by Crippen LogP contribution is 2.35. The van der Waals surface area contributed by atoms with Gasteiger partial charge in [0.1, 0.15) is 23.7 Å². The third-order valence-corrected chi connectivity index (χ3v) is 4.03. The van der Waals surface area contributed by atoms with Gasteiger partial charge in [-0.05, 0) is 23.8 Å². The van der Waals surface area contributed by atoms with E-state index in [9.17, 15) is 15.0 Å². The maximum Gasteiger partial charge on any atom is 0.342 e. The molecule has 3 aromatic rings. The van der Waals surface area contributed by atoms with Gasteiger partial charge in [-0.25, -0.2) is 4.79 Å². The van der Waals surface area contributed by atoms with Crippen molar-refractivity contribution < 1.29 is 19.7 Å². The lowest BCUT2D eigenvalue weighted by atomic mass is 10.0. The number of hydrogen-bond acceptors (Lipinski definition) is 4. The highest BCUT2D eigenvalue weighted by molar-refractivity contribution is 9.10. The predicted octanol–water partition coefficient (Wildman–Crippen LogP) is 4.37. The molecule has 23 heavy (non-hydrogen) atoms. The van der Waals surface area contributed by atoms with Crippen molar-refractivity contribution in [3.05, 3.63) is 70.2 Å². The summed E-state index contributed by atoms with van der Waals surface area (Å²) in [4.78, 5) is 12.2. The molecule has 0 atom stereocenters. The van der Waals surface area contributed by atoms with Crippen LogP contribution in [0.3, 0.4) is 0 Å². The zero-order valence-electron chi connectivity index (χ0n) is 12.0. The van der Waals surface area contributed by atoms with E-state index in [1.54, 1.807) is 24.3 Å². The Kier molecular flexibility index (Phi) is 4.21. The molecule has 0 saturated carbocycles. The summed E-state index contributed by atoms with van der Waals surface area (Å²) in [5.74, 6) is -0.959. The Morgan fingerprint density at radius 3 is 2.35 bits per heavy atom. The molecule has 0 unspecified atom stereocenters. The second kappa shape index (κ2) is 6.30. The molecule has 0 amide bonds. The van der Waals surface area contributed by atoms with Gasteiger partial charge in [-0.3, -0.25) is 0 Å². The van der Waals surface area contributed by atoms with E-state index in [1.807, 2.05) is 24.3 Å². The Bertz CT molecular complexity index is 872. The molecule has 0 heterocycles. The van der Waals surface area contributed by atoms with E-state index in [0.29, 0.717) is 10.8 Å². The summed E-state index contributed by atoms with van der Waals surface area (Å²) in [5.41, 5.74) is 0.768. The first kappa shape index (κ1) is 15.4. The van der Waals surface area contributed by atoms with Crippen LogP contribution in [-0.4, -0.2) is 16.2 Å². The number of rotatable bonds is 3. The first-order valence-corrected chi connectivity index (χ1v) is 7.71. The van der Waals surface area contributed by atoms with E-state index in [4.69, 9.17) is 4.74 Å². The van der Waals surface area contributed by atoms with Gasteiger partial charge in [-0.15, -0.1) is 0 Å². The normalized spacial score (nSPS) is 10.7. The van der Waals surface area contributed by atoms with Crippen LogP contribution in [0.4, 0.5) is 0 Å². The van der Waals surface area contributed by atoms with Crippen LogP contribution in [0.25, 0.3) is 10.8 Å². The Morgan fingerprint density at radius 2 is 1.65 bits per heavy atom. The molecule has 2 N–H and O–H groups in total. The number of carbonyl (C=O) groups is 1. The van der Waals surface area contributed by atoms with Gasteiger partial charge in [-0.2, -0.15) is 0 Å². The fraction of sp³-hybridized carbons (Fsp3) is 0.0556. The molecule has 4 nitrogen and oxygen atoms in total. The van der Waals surface area contributed by atoms with Crippen molar-refractivity contribution >= 4 is 32.7 Å². The van der Waals surface area contributed by atoms with Crippen LogP contribution in [-0.2, 0) is 11.3 Å². The highest BCUT2D eigenvalue weighted by Gasteiger charge is 2.18. The van der Waals surface area contributed by atoms with Gasteiger partial charge in [0.05, 0.1) is 0 Å². The van der Waals surface area contributed by atoms with Crippen molar-refractivity contribution in [3.8, 4) is 11.5 Å². The lowest BCUT2D eigenvalue weighted by Gasteiger charge is -2.10. The van der Waals surface area contributed by atoms with Crippen LogP contribution in [0.15, 0.2) is 59.1 Å². The quantitative estimate of drug-likeness (QED) is 0.529. The van der Waals surface area contributed by atoms with Crippen LogP contribution in [0, 0.1) is 0 Å². The number of carbonyl (C=O) groups excluding carboxylic acids is 1. The molecule has 0 aliphatic heterocycles. The zero-order valence-corrected chi connectivity index (χ0v) is 13.6. The summed E-state index contributed by atoms with van der Waals surface area (Å²) >= 11 is 3.33. The minimum Gasteiger partial charge on any atom is -0.507 e. The smallest absolute Gasteiger partial charge is 0.342 e. The molecule has 0 aliphatic rings. The van der Waals surface area contributed by atoms with Crippen molar-refractivity contribution in [1.29, 1.82) is 0 Å². The standard InChI is InChI=1S/C18H13BrO4/c19-12-7-5-11(6-8-12)10-23-18(22)15-9-16(20)13-3-1-2-4-14(13)17(15)21/h1-9,20-21H,10H2. The number of hydrogen-bond donors (Lipinski definition) is 2. The maximum absolute atomic E-state index is 12.2. The second-order valence-electron chi connectivity index (χ2n) is 5.04. The molecule has 0 spiro atoms. The number of fused-ring (bicyclic) bond motifs is 1. The lowest BCUT2D eigenvalue weighted by molar-refractivity contribution is 0.0469. The first-order valence-electron chi connectivity index (χ1n) is 6.91. The van der Waals surface area contributed by atoms with Crippen LogP contribution in [0.1, 0.15) is 15.9 Å². The minimum absolute atomic E-state index is 0.0571. The van der Waals surface area contributed by atoms with Gasteiger partial charge in [0.2, 0.25) is 0 Å². The number of benzene rings is 3. The number of phenolic OH excluding ortho intramolecular Hbond substituents is 2. The van der Waals surface area contributed by atoms with E-state index in [2.05, 4.69) is 15.9 Å². The van der Waals surface area contributed by atoms with Gasteiger partial charge in [0.15, 0.2) is 0 Å². The summed E-state index contributed by atoms with van der Waals surface area (Å²) < 4.78 is 6.15.